The summed E-state index contributed by atoms with van der Waals surface area (Å²) < 4.78 is 13.3. The molecule has 0 saturated carbocycles. The minimum atomic E-state index is -0.249. The Bertz CT molecular complexity index is 894. The minimum Gasteiger partial charge on any atom is -0.349 e. The molecule has 4 rings (SSSR count). The normalized spacial score (nSPS) is 20.8. The quantitative estimate of drug-likeness (QED) is 0.776. The summed E-state index contributed by atoms with van der Waals surface area (Å²) in [6, 6.07) is 15.4. The van der Waals surface area contributed by atoms with Gasteiger partial charge >= 0.3 is 0 Å². The highest BCUT2D eigenvalue weighted by molar-refractivity contribution is 6.00. The lowest BCUT2D eigenvalue weighted by Gasteiger charge is -2.38. The van der Waals surface area contributed by atoms with E-state index in [0.717, 1.165) is 40.9 Å². The number of nitrogens with zero attached hydrogens (tertiary/aromatic N) is 3. The first-order valence-corrected chi connectivity index (χ1v) is 8.65. The van der Waals surface area contributed by atoms with Crippen LogP contribution in [0.3, 0.4) is 0 Å². The fraction of sp³-hybridized carbons (Fsp3) is 0.300. The lowest BCUT2D eigenvalue weighted by atomic mass is 10.0. The molecule has 1 aliphatic rings. The van der Waals surface area contributed by atoms with Gasteiger partial charge in [-0.25, -0.2) is 4.39 Å². The zero-order valence-corrected chi connectivity index (χ0v) is 14.4. The third kappa shape index (κ3) is 2.96. The number of aromatic nitrogens is 2. The molecule has 128 valence electrons. The van der Waals surface area contributed by atoms with Gasteiger partial charge in [0.25, 0.3) is 0 Å². The summed E-state index contributed by atoms with van der Waals surface area (Å²) in [5.74, 6) is 0.670. The summed E-state index contributed by atoms with van der Waals surface area (Å²) >= 11 is 0. The topological polar surface area (TPSA) is 41.1 Å². The van der Waals surface area contributed by atoms with Gasteiger partial charge in [0.05, 0.1) is 0 Å². The molecule has 0 bridgehead atoms. The largest absolute Gasteiger partial charge is 0.349 e. The summed E-state index contributed by atoms with van der Waals surface area (Å²) in [5.41, 5.74) is 1.66. The molecule has 2 heterocycles. The van der Waals surface area contributed by atoms with Crippen molar-refractivity contribution in [2.75, 3.05) is 18.0 Å². The van der Waals surface area contributed by atoms with Gasteiger partial charge in [0, 0.05) is 41.5 Å². The molecule has 2 aromatic carbocycles. The van der Waals surface area contributed by atoms with E-state index in [0.29, 0.717) is 12.1 Å². The van der Waals surface area contributed by atoms with Crippen LogP contribution in [0.5, 0.6) is 0 Å². The third-order valence-electron chi connectivity index (χ3n) is 4.82. The van der Waals surface area contributed by atoms with Gasteiger partial charge in [-0.3, -0.25) is 0 Å². The first-order chi connectivity index (χ1) is 12.1. The number of hydrogen-bond acceptors (Lipinski definition) is 4. The summed E-state index contributed by atoms with van der Waals surface area (Å²) in [6.07, 6.45) is 0. The van der Waals surface area contributed by atoms with Gasteiger partial charge in [0.2, 0.25) is 0 Å². The molecule has 0 amide bonds. The number of anilines is 1. The van der Waals surface area contributed by atoms with Crippen LogP contribution in [-0.4, -0.2) is 35.4 Å². The Balaban J connectivity index is 1.86. The van der Waals surface area contributed by atoms with E-state index in [1.54, 1.807) is 12.1 Å². The SMILES string of the molecule is C[C@@H]1CN(c2nnc(-c3ccc(F)cc3)c3ccccc23)[C@H](C)CN1. The van der Waals surface area contributed by atoms with Crippen molar-refractivity contribution in [3.8, 4) is 11.3 Å². The van der Waals surface area contributed by atoms with Crippen LogP contribution in [0.4, 0.5) is 10.2 Å². The van der Waals surface area contributed by atoms with Crippen LogP contribution in [-0.2, 0) is 0 Å². The highest BCUT2D eigenvalue weighted by Gasteiger charge is 2.26. The molecule has 1 aromatic heterocycles. The van der Waals surface area contributed by atoms with E-state index in [4.69, 9.17) is 0 Å². The number of halogens is 1. The smallest absolute Gasteiger partial charge is 0.159 e. The second-order valence-corrected chi connectivity index (χ2v) is 6.74. The van der Waals surface area contributed by atoms with Crippen LogP contribution in [0.1, 0.15) is 13.8 Å². The van der Waals surface area contributed by atoms with Crippen molar-refractivity contribution in [3.05, 3.63) is 54.3 Å². The molecule has 2 atom stereocenters. The Kier molecular flexibility index (Phi) is 4.09. The number of nitrogens with one attached hydrogen (secondary N) is 1. The van der Waals surface area contributed by atoms with E-state index in [9.17, 15) is 4.39 Å². The van der Waals surface area contributed by atoms with Gasteiger partial charge in [0.15, 0.2) is 5.82 Å². The molecule has 1 aliphatic heterocycles. The van der Waals surface area contributed by atoms with Crippen molar-refractivity contribution in [3.63, 3.8) is 0 Å². The predicted octanol–water partition coefficient (Wildman–Crippen LogP) is 3.62. The van der Waals surface area contributed by atoms with Crippen LogP contribution in [0.15, 0.2) is 48.5 Å². The molecule has 0 radical (unpaired) electrons. The van der Waals surface area contributed by atoms with Crippen LogP contribution < -0.4 is 10.2 Å². The van der Waals surface area contributed by atoms with Gasteiger partial charge < -0.3 is 10.2 Å². The first-order valence-electron chi connectivity index (χ1n) is 8.65. The number of rotatable bonds is 2. The van der Waals surface area contributed by atoms with Crippen LogP contribution >= 0.6 is 0 Å². The van der Waals surface area contributed by atoms with Gasteiger partial charge in [-0.15, -0.1) is 10.2 Å². The molecule has 1 N–H and O–H groups in total. The Morgan fingerprint density at radius 3 is 2.48 bits per heavy atom. The minimum absolute atomic E-state index is 0.249. The lowest BCUT2D eigenvalue weighted by molar-refractivity contribution is 0.422. The van der Waals surface area contributed by atoms with Crippen LogP contribution in [0.25, 0.3) is 22.0 Å². The Labute approximate surface area is 146 Å². The number of hydrogen-bond donors (Lipinski definition) is 1. The highest BCUT2D eigenvalue weighted by atomic mass is 19.1. The maximum Gasteiger partial charge on any atom is 0.159 e. The van der Waals surface area contributed by atoms with Gasteiger partial charge in [0.1, 0.15) is 11.5 Å². The Morgan fingerprint density at radius 1 is 1.00 bits per heavy atom. The second kappa shape index (κ2) is 6.41. The lowest BCUT2D eigenvalue weighted by Crippen LogP contribution is -2.54. The van der Waals surface area contributed by atoms with Gasteiger partial charge in [-0.2, -0.15) is 0 Å². The number of benzene rings is 2. The van der Waals surface area contributed by atoms with Gasteiger partial charge in [-0.05, 0) is 38.1 Å². The maximum atomic E-state index is 13.3. The zero-order valence-electron chi connectivity index (χ0n) is 14.4. The van der Waals surface area contributed by atoms with E-state index in [1.807, 2.05) is 12.1 Å². The molecule has 1 fully saturated rings. The molecule has 5 heteroatoms. The van der Waals surface area contributed by atoms with Crippen molar-refractivity contribution in [2.45, 2.75) is 25.9 Å². The maximum absolute atomic E-state index is 13.3. The monoisotopic (exact) mass is 336 g/mol. The van der Waals surface area contributed by atoms with E-state index in [1.165, 1.54) is 12.1 Å². The number of fused-ring (bicyclic) bond motifs is 1. The summed E-state index contributed by atoms with van der Waals surface area (Å²) in [5, 5.41) is 14.7. The van der Waals surface area contributed by atoms with Gasteiger partial charge in [-0.1, -0.05) is 24.3 Å². The summed E-state index contributed by atoms with van der Waals surface area (Å²) in [4.78, 5) is 2.32. The molecule has 25 heavy (non-hydrogen) atoms. The van der Waals surface area contributed by atoms with E-state index >= 15 is 0 Å². The molecular weight excluding hydrogens is 315 g/mol. The van der Waals surface area contributed by atoms with E-state index in [2.05, 4.69) is 46.4 Å². The molecule has 4 nitrogen and oxygen atoms in total. The molecule has 1 saturated heterocycles. The summed E-state index contributed by atoms with van der Waals surface area (Å²) in [7, 11) is 0. The average molecular weight is 336 g/mol. The number of piperazine rings is 1. The van der Waals surface area contributed by atoms with Crippen LogP contribution in [0.2, 0.25) is 0 Å². The Hall–Kier alpha value is -2.53. The molecule has 3 aromatic rings. The van der Waals surface area contributed by atoms with Crippen molar-refractivity contribution < 1.29 is 4.39 Å². The first kappa shape index (κ1) is 16.0. The molecule has 0 unspecified atom stereocenters. The van der Waals surface area contributed by atoms with Crippen molar-refractivity contribution in [1.82, 2.24) is 15.5 Å². The molecule has 0 aliphatic carbocycles. The fourth-order valence-electron chi connectivity index (χ4n) is 3.44. The zero-order chi connectivity index (χ0) is 17.4. The van der Waals surface area contributed by atoms with Crippen molar-refractivity contribution >= 4 is 16.6 Å². The molecule has 0 spiro atoms. The summed E-state index contributed by atoms with van der Waals surface area (Å²) in [6.45, 7) is 6.21. The highest BCUT2D eigenvalue weighted by Crippen LogP contribution is 2.32. The second-order valence-electron chi connectivity index (χ2n) is 6.74. The van der Waals surface area contributed by atoms with Crippen LogP contribution in [0, 0.1) is 5.82 Å². The van der Waals surface area contributed by atoms with Crippen molar-refractivity contribution in [1.29, 1.82) is 0 Å². The van der Waals surface area contributed by atoms with E-state index < -0.39 is 0 Å². The standard InChI is InChI=1S/C20H21FN4/c1-13-12-25(14(2)11-22-13)20-18-6-4-3-5-17(18)19(23-24-20)15-7-9-16(21)10-8-15/h3-10,13-14,22H,11-12H2,1-2H3/t13-,14-/m1/s1. The average Bonchev–Trinajstić information content (AvgIpc) is 2.64. The van der Waals surface area contributed by atoms with E-state index in [-0.39, 0.29) is 5.82 Å². The molecular formula is C20H21FN4. The Morgan fingerprint density at radius 2 is 1.72 bits per heavy atom. The fourth-order valence-corrected chi connectivity index (χ4v) is 3.44. The third-order valence-corrected chi connectivity index (χ3v) is 4.82. The predicted molar refractivity (Wildman–Crippen MR) is 99.2 cm³/mol. The van der Waals surface area contributed by atoms with Crippen molar-refractivity contribution in [2.24, 2.45) is 0 Å².